The molecule has 0 bridgehead atoms. The molecule has 2 aromatic rings. The van der Waals surface area contributed by atoms with Crippen LogP contribution in [0.3, 0.4) is 0 Å². The van der Waals surface area contributed by atoms with E-state index in [0.717, 1.165) is 30.8 Å². The van der Waals surface area contributed by atoms with Crippen LogP contribution < -0.4 is 0 Å². The van der Waals surface area contributed by atoms with Crippen LogP contribution in [0.5, 0.6) is 0 Å². The highest BCUT2D eigenvalue weighted by Crippen LogP contribution is 2.38. The van der Waals surface area contributed by atoms with Crippen molar-refractivity contribution in [3.05, 3.63) is 63.9 Å². The van der Waals surface area contributed by atoms with Gasteiger partial charge in [-0.05, 0) is 44.4 Å². The van der Waals surface area contributed by atoms with Gasteiger partial charge in [-0.25, -0.2) is 9.78 Å². The third-order valence-electron chi connectivity index (χ3n) is 4.77. The Morgan fingerprint density at radius 2 is 2.04 bits per heavy atom. The van der Waals surface area contributed by atoms with Gasteiger partial charge in [-0.3, -0.25) is 4.90 Å². The zero-order valence-electron chi connectivity index (χ0n) is 14.9. The van der Waals surface area contributed by atoms with Crippen molar-refractivity contribution in [1.82, 2.24) is 9.88 Å². The fourth-order valence-corrected chi connectivity index (χ4v) is 3.64. The molecule has 3 rings (SSSR count). The molecule has 0 saturated heterocycles. The lowest BCUT2D eigenvalue weighted by molar-refractivity contribution is 0.0515. The fraction of sp³-hybridized carbons (Fsp3) is 0.400. The summed E-state index contributed by atoms with van der Waals surface area (Å²) in [5.74, 6) is -0.428. The van der Waals surface area contributed by atoms with E-state index in [1.165, 1.54) is 5.56 Å². The van der Waals surface area contributed by atoms with E-state index in [0.29, 0.717) is 11.6 Å². The van der Waals surface area contributed by atoms with Crippen molar-refractivity contribution in [2.75, 3.05) is 13.2 Å². The van der Waals surface area contributed by atoms with Crippen molar-refractivity contribution >= 4 is 17.6 Å². The Hall–Kier alpha value is -1.91. The predicted octanol–water partition coefficient (Wildman–Crippen LogP) is 4.21. The summed E-state index contributed by atoms with van der Waals surface area (Å²) in [5, 5.41) is 0.598. The first-order valence-corrected chi connectivity index (χ1v) is 8.97. The van der Waals surface area contributed by atoms with Crippen LogP contribution in [0, 0.1) is 0 Å². The zero-order chi connectivity index (χ0) is 18.0. The quantitative estimate of drug-likeness (QED) is 0.768. The first kappa shape index (κ1) is 17.9. The number of benzene rings is 1. The van der Waals surface area contributed by atoms with E-state index in [2.05, 4.69) is 35.9 Å². The summed E-state index contributed by atoms with van der Waals surface area (Å²) >= 11 is 6.46. The lowest BCUT2D eigenvalue weighted by Crippen LogP contribution is -2.47. The van der Waals surface area contributed by atoms with Crippen molar-refractivity contribution in [3.63, 3.8) is 0 Å². The van der Waals surface area contributed by atoms with Crippen molar-refractivity contribution in [1.29, 1.82) is 0 Å². The lowest BCUT2D eigenvalue weighted by atomic mass is 9.87. The molecular formula is C20H23ClN2O2. The Morgan fingerprint density at radius 1 is 1.32 bits per heavy atom. The molecule has 0 aliphatic carbocycles. The fourth-order valence-electron chi connectivity index (χ4n) is 3.35. The number of fused-ring (bicyclic) bond motifs is 1. The summed E-state index contributed by atoms with van der Waals surface area (Å²) in [4.78, 5) is 19.1. The van der Waals surface area contributed by atoms with E-state index in [1.54, 1.807) is 13.0 Å². The molecule has 1 aromatic heterocycles. The number of rotatable bonds is 4. The van der Waals surface area contributed by atoms with E-state index < -0.39 is 5.97 Å². The highest BCUT2D eigenvalue weighted by molar-refractivity contribution is 6.31. The number of ether oxygens (including phenoxy) is 1. The van der Waals surface area contributed by atoms with Gasteiger partial charge in [0, 0.05) is 18.1 Å². The van der Waals surface area contributed by atoms with E-state index in [-0.39, 0.29) is 11.2 Å². The maximum absolute atomic E-state index is 12.1. The number of hydrogen-bond donors (Lipinski definition) is 0. The second-order valence-electron chi connectivity index (χ2n) is 6.75. The maximum atomic E-state index is 12.1. The van der Waals surface area contributed by atoms with Crippen LogP contribution in [-0.4, -0.2) is 29.0 Å². The number of esters is 1. The normalized spacial score (nSPS) is 16.3. The van der Waals surface area contributed by atoms with Crippen molar-refractivity contribution in [3.8, 4) is 0 Å². The van der Waals surface area contributed by atoms with Gasteiger partial charge in [0.05, 0.1) is 17.8 Å². The van der Waals surface area contributed by atoms with E-state index in [4.69, 9.17) is 16.3 Å². The van der Waals surface area contributed by atoms with Gasteiger partial charge in [-0.15, -0.1) is 0 Å². The van der Waals surface area contributed by atoms with Gasteiger partial charge in [0.1, 0.15) is 5.69 Å². The van der Waals surface area contributed by atoms with Gasteiger partial charge < -0.3 is 4.74 Å². The number of carbonyl (C=O) groups is 1. The summed E-state index contributed by atoms with van der Waals surface area (Å²) in [5.41, 5.74) is 3.11. The second-order valence-corrected chi connectivity index (χ2v) is 7.16. The largest absolute Gasteiger partial charge is 0.461 e. The molecule has 5 heteroatoms. The van der Waals surface area contributed by atoms with Gasteiger partial charge in [0.25, 0.3) is 0 Å². The van der Waals surface area contributed by atoms with Crippen molar-refractivity contribution in [2.24, 2.45) is 0 Å². The number of nitrogens with zero attached hydrogens (tertiary/aromatic N) is 2. The Bertz CT molecular complexity index is 775. The molecule has 2 heterocycles. The first-order chi connectivity index (χ1) is 11.9. The molecule has 1 aliphatic heterocycles. The van der Waals surface area contributed by atoms with Crippen LogP contribution in [0.25, 0.3) is 0 Å². The molecule has 0 saturated carbocycles. The summed E-state index contributed by atoms with van der Waals surface area (Å²) in [6.45, 7) is 8.09. The molecule has 4 nitrogen and oxygen atoms in total. The Kier molecular flexibility index (Phi) is 5.11. The monoisotopic (exact) mass is 358 g/mol. The van der Waals surface area contributed by atoms with Crippen LogP contribution in [0.15, 0.2) is 36.4 Å². The van der Waals surface area contributed by atoms with E-state index in [1.807, 2.05) is 18.2 Å². The summed E-state index contributed by atoms with van der Waals surface area (Å²) < 4.78 is 5.09. The molecule has 0 spiro atoms. The van der Waals surface area contributed by atoms with Gasteiger partial charge in [-0.1, -0.05) is 41.9 Å². The summed E-state index contributed by atoms with van der Waals surface area (Å²) in [6.07, 6.45) is 0.820. The average molecular weight is 359 g/mol. The van der Waals surface area contributed by atoms with Crippen molar-refractivity contribution < 1.29 is 9.53 Å². The van der Waals surface area contributed by atoms with Gasteiger partial charge >= 0.3 is 5.97 Å². The first-order valence-electron chi connectivity index (χ1n) is 8.59. The molecule has 0 fully saturated rings. The number of halogens is 1. The smallest absolute Gasteiger partial charge is 0.356 e. The number of aromatic nitrogens is 1. The molecule has 1 aliphatic rings. The molecule has 0 radical (unpaired) electrons. The van der Waals surface area contributed by atoms with Gasteiger partial charge in [-0.2, -0.15) is 0 Å². The number of hydrogen-bond acceptors (Lipinski definition) is 4. The van der Waals surface area contributed by atoms with Gasteiger partial charge in [0.2, 0.25) is 0 Å². The summed E-state index contributed by atoms with van der Waals surface area (Å²) in [7, 11) is 0. The van der Waals surface area contributed by atoms with Crippen molar-refractivity contribution in [2.45, 2.75) is 39.3 Å². The lowest BCUT2D eigenvalue weighted by Gasteiger charge is -2.43. The van der Waals surface area contributed by atoms with Crippen LogP contribution in [0.1, 0.15) is 48.1 Å². The van der Waals surface area contributed by atoms with Crippen LogP contribution in [0.4, 0.5) is 0 Å². The highest BCUT2D eigenvalue weighted by atomic mass is 35.5. The Balaban J connectivity index is 1.96. The van der Waals surface area contributed by atoms with Crippen LogP contribution in [0.2, 0.25) is 5.02 Å². The third kappa shape index (κ3) is 3.55. The SMILES string of the molecule is CCOC(=O)c1cc(Cl)c2c(n1)C(C)(C)N(Cc1ccccc1)CC2. The average Bonchev–Trinajstić information content (AvgIpc) is 2.59. The molecule has 0 N–H and O–H groups in total. The number of pyridine rings is 1. The predicted molar refractivity (Wildman–Crippen MR) is 98.8 cm³/mol. The standard InChI is InChI=1S/C20H23ClN2O2/c1-4-25-19(24)17-12-16(21)15-10-11-23(20(2,3)18(15)22-17)13-14-8-6-5-7-9-14/h5-9,12H,4,10-11,13H2,1-3H3. The second kappa shape index (κ2) is 7.14. The molecule has 1 aromatic carbocycles. The topological polar surface area (TPSA) is 42.4 Å². The third-order valence-corrected chi connectivity index (χ3v) is 5.11. The minimum absolute atomic E-state index is 0.278. The van der Waals surface area contributed by atoms with Crippen LogP contribution in [-0.2, 0) is 23.2 Å². The zero-order valence-corrected chi connectivity index (χ0v) is 15.6. The minimum atomic E-state index is -0.428. The number of carbonyl (C=O) groups excluding carboxylic acids is 1. The molecule has 0 amide bonds. The van der Waals surface area contributed by atoms with E-state index in [9.17, 15) is 4.79 Å². The molecule has 132 valence electrons. The minimum Gasteiger partial charge on any atom is -0.461 e. The Morgan fingerprint density at radius 3 is 2.72 bits per heavy atom. The molecule has 25 heavy (non-hydrogen) atoms. The molecule has 0 atom stereocenters. The molecular weight excluding hydrogens is 336 g/mol. The Labute approximate surface area is 153 Å². The summed E-state index contributed by atoms with van der Waals surface area (Å²) in [6, 6.07) is 12.0. The highest BCUT2D eigenvalue weighted by Gasteiger charge is 2.37. The maximum Gasteiger partial charge on any atom is 0.356 e. The molecule has 0 unspecified atom stereocenters. The van der Waals surface area contributed by atoms with E-state index >= 15 is 0 Å². The van der Waals surface area contributed by atoms with Crippen LogP contribution >= 0.6 is 11.6 Å². The van der Waals surface area contributed by atoms with Gasteiger partial charge in [0.15, 0.2) is 0 Å².